The number of fused-ring (bicyclic) bond motifs is 2. The first-order valence-electron chi connectivity index (χ1n) is 9.50. The van der Waals surface area contributed by atoms with E-state index in [1.165, 1.54) is 17.5 Å². The third-order valence-corrected chi connectivity index (χ3v) is 5.90. The Bertz CT molecular complexity index is 771. The van der Waals surface area contributed by atoms with Crippen LogP contribution >= 0.6 is 0 Å². The largest absolute Gasteiger partial charge is 0.481 e. The SMILES string of the molecule is COc1ccc(CN2C3CC2CN(c2ccc(C4BOOC4)cn2)C3)cn1. The Labute approximate surface area is 159 Å². The molecule has 0 radical (unpaired) electrons. The van der Waals surface area contributed by atoms with Gasteiger partial charge in [0, 0.05) is 56.0 Å². The molecule has 3 unspecified atom stereocenters. The van der Waals surface area contributed by atoms with Gasteiger partial charge in [-0.15, -0.1) is 0 Å². The maximum atomic E-state index is 5.14. The molecule has 7 nitrogen and oxygen atoms in total. The third kappa shape index (κ3) is 3.29. The first kappa shape index (κ1) is 17.0. The number of pyridine rings is 2. The molecular formula is C19H23BN4O3. The normalized spacial score (nSPS) is 27.1. The Balaban J connectivity index is 1.20. The summed E-state index contributed by atoms with van der Waals surface area (Å²) in [6, 6.07) is 9.51. The molecule has 2 aromatic heterocycles. The van der Waals surface area contributed by atoms with E-state index in [-0.39, 0.29) is 0 Å². The number of piperidine rings is 1. The van der Waals surface area contributed by atoms with Crippen LogP contribution in [0, 0.1) is 0 Å². The predicted octanol–water partition coefficient (Wildman–Crippen LogP) is 1.30. The summed E-state index contributed by atoms with van der Waals surface area (Å²) in [7, 11) is 2.26. The van der Waals surface area contributed by atoms with Crippen LogP contribution in [-0.4, -0.2) is 61.2 Å². The second-order valence-electron chi connectivity index (χ2n) is 7.55. The summed E-state index contributed by atoms with van der Waals surface area (Å²) in [5.74, 6) is 2.04. The van der Waals surface area contributed by atoms with Crippen molar-refractivity contribution >= 4 is 13.3 Å². The molecule has 27 heavy (non-hydrogen) atoms. The minimum Gasteiger partial charge on any atom is -0.481 e. The Morgan fingerprint density at radius 3 is 2.67 bits per heavy atom. The standard InChI is InChI=1S/C19H23BN4O3/c1-25-19-5-2-13(7-22-19)9-24-15-6-16(24)11-23(10-15)18-4-3-14(8-21-18)17-12-26-27-20-17/h2-5,7-8,15-17,20H,6,9-12H2,1H3. The number of methoxy groups -OCH3 is 1. The monoisotopic (exact) mass is 366 g/mol. The van der Waals surface area contributed by atoms with Crippen LogP contribution in [0.5, 0.6) is 5.88 Å². The van der Waals surface area contributed by atoms with Gasteiger partial charge in [-0.25, -0.2) is 9.97 Å². The van der Waals surface area contributed by atoms with Gasteiger partial charge in [0.1, 0.15) is 5.82 Å². The van der Waals surface area contributed by atoms with Crippen LogP contribution < -0.4 is 9.64 Å². The van der Waals surface area contributed by atoms with E-state index in [9.17, 15) is 0 Å². The van der Waals surface area contributed by atoms with Crippen molar-refractivity contribution in [2.75, 3.05) is 31.7 Å². The van der Waals surface area contributed by atoms with Crippen molar-refractivity contribution in [2.24, 2.45) is 0 Å². The average Bonchev–Trinajstić information content (AvgIpc) is 3.27. The molecule has 0 amide bonds. The minimum atomic E-state index is 0.301. The Morgan fingerprint density at radius 2 is 2.04 bits per heavy atom. The van der Waals surface area contributed by atoms with Crippen molar-refractivity contribution in [3.63, 3.8) is 0 Å². The van der Waals surface area contributed by atoms with Crippen LogP contribution in [-0.2, 0) is 16.2 Å². The number of nitrogens with zero attached hydrogens (tertiary/aromatic N) is 4. The van der Waals surface area contributed by atoms with Crippen molar-refractivity contribution < 1.29 is 14.4 Å². The molecule has 2 bridgehead atoms. The van der Waals surface area contributed by atoms with Crippen LogP contribution in [0.15, 0.2) is 36.7 Å². The van der Waals surface area contributed by atoms with E-state index in [0.717, 1.165) is 25.5 Å². The summed E-state index contributed by atoms with van der Waals surface area (Å²) in [5.41, 5.74) is 2.43. The predicted molar refractivity (Wildman–Crippen MR) is 102 cm³/mol. The van der Waals surface area contributed by atoms with Gasteiger partial charge in [0.2, 0.25) is 5.88 Å². The second-order valence-corrected chi connectivity index (χ2v) is 7.55. The van der Waals surface area contributed by atoms with Gasteiger partial charge in [-0.1, -0.05) is 12.1 Å². The van der Waals surface area contributed by atoms with Gasteiger partial charge in [-0.05, 0) is 23.6 Å². The van der Waals surface area contributed by atoms with Gasteiger partial charge >= 0.3 is 7.48 Å². The molecule has 4 aliphatic heterocycles. The highest BCUT2D eigenvalue weighted by Gasteiger charge is 2.44. The fraction of sp³-hybridized carbons (Fsp3) is 0.474. The summed E-state index contributed by atoms with van der Waals surface area (Å²) in [6.07, 6.45) is 5.16. The first-order chi connectivity index (χ1) is 13.3. The lowest BCUT2D eigenvalue weighted by molar-refractivity contribution is -0.183. The number of hydrogen-bond donors (Lipinski definition) is 0. The topological polar surface area (TPSA) is 60.0 Å². The molecule has 0 aliphatic carbocycles. The van der Waals surface area contributed by atoms with E-state index in [1.807, 2.05) is 18.5 Å². The lowest BCUT2D eigenvalue weighted by atomic mass is 9.77. The summed E-state index contributed by atoms with van der Waals surface area (Å²) < 4.78 is 5.14. The van der Waals surface area contributed by atoms with Crippen LogP contribution in [0.3, 0.4) is 0 Å². The lowest BCUT2D eigenvalue weighted by Crippen LogP contribution is -2.68. The summed E-state index contributed by atoms with van der Waals surface area (Å²) in [4.78, 5) is 24.0. The zero-order chi connectivity index (χ0) is 18.2. The summed E-state index contributed by atoms with van der Waals surface area (Å²) in [5, 5.41) is 0. The van der Waals surface area contributed by atoms with Crippen molar-refractivity contribution in [3.05, 3.63) is 47.8 Å². The molecule has 0 spiro atoms. The molecule has 4 aliphatic rings. The smallest absolute Gasteiger partial charge is 0.333 e. The van der Waals surface area contributed by atoms with E-state index in [1.54, 1.807) is 7.11 Å². The van der Waals surface area contributed by atoms with Crippen molar-refractivity contribution in [1.82, 2.24) is 14.9 Å². The maximum absolute atomic E-state index is 5.14. The highest BCUT2D eigenvalue weighted by molar-refractivity contribution is 6.30. The van der Waals surface area contributed by atoms with Crippen molar-refractivity contribution in [1.29, 1.82) is 0 Å². The van der Waals surface area contributed by atoms with Gasteiger partial charge in [0.05, 0.1) is 13.7 Å². The molecule has 6 heterocycles. The molecule has 6 rings (SSSR count). The van der Waals surface area contributed by atoms with Gasteiger partial charge in [0.25, 0.3) is 0 Å². The highest BCUT2D eigenvalue weighted by atomic mass is 17.2. The molecule has 4 fully saturated rings. The maximum Gasteiger partial charge on any atom is 0.333 e. The Morgan fingerprint density at radius 1 is 1.15 bits per heavy atom. The van der Waals surface area contributed by atoms with E-state index in [2.05, 4.69) is 33.0 Å². The number of ether oxygens (including phenoxy) is 1. The lowest BCUT2D eigenvalue weighted by Gasteiger charge is -2.56. The second kappa shape index (κ2) is 7.11. The number of rotatable bonds is 5. The van der Waals surface area contributed by atoms with Crippen LogP contribution in [0.4, 0.5) is 5.82 Å². The van der Waals surface area contributed by atoms with E-state index in [0.29, 0.717) is 37.9 Å². The van der Waals surface area contributed by atoms with Crippen LogP contribution in [0.2, 0.25) is 0 Å². The van der Waals surface area contributed by atoms with E-state index in [4.69, 9.17) is 19.4 Å². The Kier molecular flexibility index (Phi) is 4.47. The molecule has 8 heteroatoms. The van der Waals surface area contributed by atoms with Crippen LogP contribution in [0.1, 0.15) is 23.4 Å². The highest BCUT2D eigenvalue weighted by Crippen LogP contribution is 2.35. The minimum absolute atomic E-state index is 0.301. The number of anilines is 1. The molecular weight excluding hydrogens is 343 g/mol. The van der Waals surface area contributed by atoms with Crippen molar-refractivity contribution in [3.8, 4) is 5.88 Å². The molecule has 140 valence electrons. The number of hydrogen-bond acceptors (Lipinski definition) is 7. The number of aromatic nitrogens is 2. The fourth-order valence-electron chi connectivity index (χ4n) is 4.30. The van der Waals surface area contributed by atoms with Crippen LogP contribution in [0.25, 0.3) is 0 Å². The van der Waals surface area contributed by atoms with Gasteiger partial charge in [-0.2, -0.15) is 0 Å². The van der Waals surface area contributed by atoms with Gasteiger partial charge in [-0.3, -0.25) is 9.79 Å². The molecule has 0 saturated carbocycles. The molecule has 2 aromatic rings. The quantitative estimate of drug-likeness (QED) is 0.584. The number of piperazine rings is 1. The third-order valence-electron chi connectivity index (χ3n) is 5.90. The van der Waals surface area contributed by atoms with E-state index < -0.39 is 0 Å². The molecule has 0 aromatic carbocycles. The molecule has 3 atom stereocenters. The molecule has 4 saturated heterocycles. The first-order valence-corrected chi connectivity index (χ1v) is 9.50. The van der Waals surface area contributed by atoms with Crippen molar-refractivity contribution in [2.45, 2.75) is 30.9 Å². The summed E-state index contributed by atoms with van der Waals surface area (Å²) in [6.45, 7) is 3.63. The Hall–Kier alpha value is -2.16. The molecule has 0 N–H and O–H groups in total. The fourth-order valence-corrected chi connectivity index (χ4v) is 4.30. The van der Waals surface area contributed by atoms with Gasteiger partial charge < -0.3 is 14.4 Å². The zero-order valence-electron chi connectivity index (χ0n) is 15.5. The van der Waals surface area contributed by atoms with Gasteiger partial charge in [0.15, 0.2) is 0 Å². The van der Waals surface area contributed by atoms with E-state index >= 15 is 0 Å². The average molecular weight is 366 g/mol. The summed E-state index contributed by atoms with van der Waals surface area (Å²) >= 11 is 0. The zero-order valence-corrected chi connectivity index (χ0v) is 15.5.